The van der Waals surface area contributed by atoms with Gasteiger partial charge in [-0.2, -0.15) is 0 Å². The van der Waals surface area contributed by atoms with Crippen LogP contribution in [0.2, 0.25) is 0 Å². The summed E-state index contributed by atoms with van der Waals surface area (Å²) in [6, 6.07) is 8.68. The van der Waals surface area contributed by atoms with E-state index in [1.54, 1.807) is 11.1 Å². The third kappa shape index (κ3) is 5.88. The Morgan fingerprint density at radius 2 is 1.44 bits per heavy atom. The molecule has 82 valence electrons. The molecule has 1 unspecified atom stereocenters. The van der Waals surface area contributed by atoms with Crippen LogP contribution >= 0.6 is 0 Å². The molecule has 1 aromatic carbocycles. The Hall–Kier alpha value is -0.872. The van der Waals surface area contributed by atoms with Crippen LogP contribution in [0.5, 0.6) is 0 Å². The second kappa shape index (κ2) is 14.1. The number of fused-ring (bicyclic) bond motifs is 1. The maximum absolute atomic E-state index is 7.50. The molecule has 0 fully saturated rings. The molecule has 0 amide bonds. The zero-order valence-corrected chi connectivity index (χ0v) is 10.7. The predicted molar refractivity (Wildman–Crippen MR) is 50.3 cm³/mol. The first-order valence-corrected chi connectivity index (χ1v) is 4.07. The molecule has 0 spiro atoms. The summed E-state index contributed by atoms with van der Waals surface area (Å²) in [6.07, 6.45) is 1.29. The van der Waals surface area contributed by atoms with Crippen LogP contribution < -0.4 is 0 Å². The molecule has 4 heteroatoms. The molecule has 0 saturated heterocycles. The Balaban J connectivity index is -0.000000214. The monoisotopic (exact) mass is 300 g/mol. The molecule has 2 rings (SSSR count). The van der Waals surface area contributed by atoms with Gasteiger partial charge >= 0.3 is 33.9 Å². The second-order valence-electron chi connectivity index (χ2n) is 2.80. The van der Waals surface area contributed by atoms with Gasteiger partial charge in [-0.15, -0.1) is 0 Å². The molecule has 1 aromatic rings. The number of rotatable bonds is 0. The maximum atomic E-state index is 7.50. The van der Waals surface area contributed by atoms with Crippen LogP contribution in [0.25, 0.3) is 0 Å². The van der Waals surface area contributed by atoms with Crippen molar-refractivity contribution in [3.63, 3.8) is 0 Å². The molecule has 0 bridgehead atoms. The van der Waals surface area contributed by atoms with Gasteiger partial charge < -0.3 is 0 Å². The first-order chi connectivity index (χ1) is 7.38. The van der Waals surface area contributed by atoms with Crippen molar-refractivity contribution in [2.45, 2.75) is 19.3 Å². The van der Waals surface area contributed by atoms with Crippen molar-refractivity contribution in [1.29, 1.82) is 0 Å². The molecule has 0 aromatic heterocycles. The Kier molecular flexibility index (Phi) is 18.1. The van der Waals surface area contributed by atoms with E-state index in [1.165, 1.54) is 6.42 Å². The van der Waals surface area contributed by atoms with Gasteiger partial charge in [0.25, 0.3) is 0 Å². The van der Waals surface area contributed by atoms with E-state index in [0.717, 1.165) is 5.92 Å². The van der Waals surface area contributed by atoms with Gasteiger partial charge in [0.05, 0.1) is 0 Å². The van der Waals surface area contributed by atoms with Crippen molar-refractivity contribution in [3.8, 4) is 0 Å². The summed E-state index contributed by atoms with van der Waals surface area (Å²) in [5.74, 6) is 0.821. The van der Waals surface area contributed by atoms with Crippen LogP contribution in [0.15, 0.2) is 24.3 Å². The Bertz CT molecular complexity index is 327. The van der Waals surface area contributed by atoms with E-state index in [4.69, 9.17) is 14.0 Å². The summed E-state index contributed by atoms with van der Waals surface area (Å²) in [7, 11) is 0. The van der Waals surface area contributed by atoms with Gasteiger partial charge in [-0.25, -0.2) is 0 Å². The van der Waals surface area contributed by atoms with Crippen molar-refractivity contribution >= 4 is 0 Å². The van der Waals surface area contributed by atoms with Crippen LogP contribution in [0.3, 0.4) is 0 Å². The van der Waals surface area contributed by atoms with Crippen LogP contribution in [0, 0.1) is 20.0 Å². The number of benzene rings is 1. The Morgan fingerprint density at radius 1 is 1.00 bits per heavy atom. The van der Waals surface area contributed by atoms with Crippen molar-refractivity contribution in [3.05, 3.63) is 55.3 Å². The van der Waals surface area contributed by atoms with Gasteiger partial charge in [0.1, 0.15) is 0 Å². The molecule has 1 aliphatic rings. The summed E-state index contributed by atoms with van der Waals surface area (Å²) in [5, 5.41) is 0. The molecule has 1 atom stereocenters. The van der Waals surface area contributed by atoms with E-state index >= 15 is 0 Å². The van der Waals surface area contributed by atoms with E-state index in [1.807, 2.05) is 0 Å². The van der Waals surface area contributed by atoms with Crippen molar-refractivity contribution in [2.24, 2.45) is 0 Å². The fraction of sp³-hybridized carbons (Fsp3) is 0.250. The molecule has 3 nitrogen and oxygen atoms in total. The zero-order valence-electron chi connectivity index (χ0n) is 8.73. The van der Waals surface area contributed by atoms with E-state index < -0.39 is 0 Å². The molecule has 16 heavy (non-hydrogen) atoms. The van der Waals surface area contributed by atoms with Gasteiger partial charge in [-0.3, -0.25) is 0 Å². The van der Waals surface area contributed by atoms with Crippen molar-refractivity contribution < 1.29 is 35.0 Å². The smallest absolute Gasteiger partial charge is 0 e. The standard InChI is InChI=1S/C9H10.3CO.Mo/c1-7-6-8-4-2-3-5-9(7)8;3*1-2;/h2-5,7H,6H2,1H3;;;;. The molecule has 0 heterocycles. The molecule has 0 saturated carbocycles. The largest absolute Gasteiger partial charge is 0 e. The molecular weight excluding hydrogens is 288 g/mol. The fourth-order valence-corrected chi connectivity index (χ4v) is 1.51. The average molecular weight is 298 g/mol. The maximum Gasteiger partial charge on any atom is 0 e. The summed E-state index contributed by atoms with van der Waals surface area (Å²) < 4.78 is 22.5. The Morgan fingerprint density at radius 3 is 1.75 bits per heavy atom. The van der Waals surface area contributed by atoms with Crippen LogP contribution in [0.4, 0.5) is 0 Å². The van der Waals surface area contributed by atoms with E-state index in [0.29, 0.717) is 0 Å². The third-order valence-electron chi connectivity index (χ3n) is 2.11. The summed E-state index contributed by atoms with van der Waals surface area (Å²) in [6.45, 7) is 15.8. The van der Waals surface area contributed by atoms with Crippen LogP contribution in [0.1, 0.15) is 24.0 Å². The first-order valence-electron chi connectivity index (χ1n) is 4.07. The minimum atomic E-state index is 0. The Labute approximate surface area is 110 Å². The average Bonchev–Trinajstić information content (AvgIpc) is 2.36. The predicted octanol–water partition coefficient (Wildman–Crippen LogP) is 2.23. The molecule has 1 aliphatic carbocycles. The topological polar surface area (TPSA) is 59.7 Å². The van der Waals surface area contributed by atoms with Gasteiger partial charge in [-0.05, 0) is 23.5 Å². The molecular formula is C12H10MoO3. The fourth-order valence-electron chi connectivity index (χ4n) is 1.51. The van der Waals surface area contributed by atoms with Gasteiger partial charge in [0.15, 0.2) is 0 Å². The molecule has 0 radical (unpaired) electrons. The normalized spacial score (nSPS) is 13.1. The van der Waals surface area contributed by atoms with Crippen molar-refractivity contribution in [1.82, 2.24) is 0 Å². The number of hydrogen-bond donors (Lipinski definition) is 0. The zero-order chi connectivity index (χ0) is 12.3. The van der Waals surface area contributed by atoms with Gasteiger partial charge in [-0.1, -0.05) is 31.2 Å². The minimum Gasteiger partial charge on any atom is 0 e. The summed E-state index contributed by atoms with van der Waals surface area (Å²) in [4.78, 5) is 0. The van der Waals surface area contributed by atoms with Crippen molar-refractivity contribution in [2.75, 3.05) is 0 Å². The second-order valence-corrected chi connectivity index (χ2v) is 2.80. The van der Waals surface area contributed by atoms with E-state index in [-0.39, 0.29) is 21.1 Å². The summed E-state index contributed by atoms with van der Waals surface area (Å²) >= 11 is 0. The SMILES string of the molecule is CC1Cc2ccccc21.[C-]#[O+].[C-]#[O+].[C-]#[O+].[Mo]. The molecule has 0 aliphatic heterocycles. The number of hydrogen-bond acceptors (Lipinski definition) is 0. The van der Waals surface area contributed by atoms with E-state index in [2.05, 4.69) is 51.1 Å². The van der Waals surface area contributed by atoms with Gasteiger partial charge in [0, 0.05) is 21.1 Å². The van der Waals surface area contributed by atoms with Gasteiger partial charge in [0.2, 0.25) is 0 Å². The van der Waals surface area contributed by atoms with Crippen LogP contribution in [-0.4, -0.2) is 0 Å². The van der Waals surface area contributed by atoms with Crippen LogP contribution in [-0.2, 0) is 41.4 Å². The quantitative estimate of drug-likeness (QED) is 0.401. The summed E-state index contributed by atoms with van der Waals surface area (Å²) in [5.41, 5.74) is 3.10. The third-order valence-corrected chi connectivity index (χ3v) is 2.11. The van der Waals surface area contributed by atoms with E-state index in [9.17, 15) is 0 Å². The minimum absolute atomic E-state index is 0. The molecule has 0 N–H and O–H groups in total. The first kappa shape index (κ1) is 20.5.